The summed E-state index contributed by atoms with van der Waals surface area (Å²) >= 11 is 0. The Labute approximate surface area is 128 Å². The molecular formula is C17H28N4. The molecule has 2 rings (SSSR count). The number of nitrogens with zero attached hydrogens (tertiary/aromatic N) is 2. The molecule has 0 spiro atoms. The molecule has 0 amide bonds. The summed E-state index contributed by atoms with van der Waals surface area (Å²) in [5, 5.41) is 6.86. The number of guanidine groups is 1. The minimum absolute atomic E-state index is 0.738. The van der Waals surface area contributed by atoms with Crippen LogP contribution in [-0.4, -0.2) is 44.1 Å². The third kappa shape index (κ3) is 4.74. The number of likely N-dealkylation sites (tertiary alicyclic amines) is 1. The number of nitrogens with one attached hydrogen (secondary N) is 2. The Morgan fingerprint density at radius 1 is 1.33 bits per heavy atom. The van der Waals surface area contributed by atoms with E-state index in [1.807, 2.05) is 7.05 Å². The van der Waals surface area contributed by atoms with Crippen molar-refractivity contribution < 1.29 is 0 Å². The molecule has 1 saturated heterocycles. The molecule has 116 valence electrons. The Morgan fingerprint density at radius 2 is 2.14 bits per heavy atom. The van der Waals surface area contributed by atoms with Gasteiger partial charge in [0.1, 0.15) is 0 Å². The van der Waals surface area contributed by atoms with E-state index in [2.05, 4.69) is 58.6 Å². The maximum absolute atomic E-state index is 4.31. The number of aryl methyl sites for hydroxylation is 1. The monoisotopic (exact) mass is 288 g/mol. The van der Waals surface area contributed by atoms with Crippen molar-refractivity contribution in [1.29, 1.82) is 0 Å². The highest BCUT2D eigenvalue weighted by molar-refractivity contribution is 5.79. The van der Waals surface area contributed by atoms with Crippen LogP contribution in [0.25, 0.3) is 0 Å². The lowest BCUT2D eigenvalue weighted by Gasteiger charge is -2.16. The molecule has 0 aliphatic carbocycles. The molecule has 4 nitrogen and oxygen atoms in total. The maximum Gasteiger partial charge on any atom is 0.191 e. The van der Waals surface area contributed by atoms with E-state index in [0.29, 0.717) is 0 Å². The van der Waals surface area contributed by atoms with Crippen molar-refractivity contribution in [3.05, 3.63) is 35.4 Å². The average molecular weight is 288 g/mol. The van der Waals surface area contributed by atoms with Gasteiger partial charge in [-0.05, 0) is 43.5 Å². The van der Waals surface area contributed by atoms with Crippen LogP contribution in [0.5, 0.6) is 0 Å². The van der Waals surface area contributed by atoms with Gasteiger partial charge in [-0.15, -0.1) is 0 Å². The van der Waals surface area contributed by atoms with Crippen LogP contribution in [0, 0.1) is 12.8 Å². The molecule has 1 atom stereocenters. The van der Waals surface area contributed by atoms with E-state index in [1.54, 1.807) is 0 Å². The second-order valence-corrected chi connectivity index (χ2v) is 5.78. The van der Waals surface area contributed by atoms with E-state index in [-0.39, 0.29) is 0 Å². The van der Waals surface area contributed by atoms with Crippen LogP contribution in [0.2, 0.25) is 0 Å². The summed E-state index contributed by atoms with van der Waals surface area (Å²) in [6.07, 6.45) is 1.29. The molecule has 1 fully saturated rings. The fourth-order valence-corrected chi connectivity index (χ4v) is 2.82. The first-order valence-electron chi connectivity index (χ1n) is 7.94. The highest BCUT2D eigenvalue weighted by Crippen LogP contribution is 2.14. The zero-order valence-corrected chi connectivity index (χ0v) is 13.5. The number of rotatable bonds is 5. The zero-order valence-electron chi connectivity index (χ0n) is 13.5. The highest BCUT2D eigenvalue weighted by Gasteiger charge is 2.20. The van der Waals surface area contributed by atoms with Crippen LogP contribution in [0.15, 0.2) is 29.3 Å². The molecule has 1 heterocycles. The van der Waals surface area contributed by atoms with E-state index < -0.39 is 0 Å². The average Bonchev–Trinajstić information content (AvgIpc) is 2.97. The first kappa shape index (κ1) is 15.8. The van der Waals surface area contributed by atoms with E-state index in [9.17, 15) is 0 Å². The van der Waals surface area contributed by atoms with Gasteiger partial charge in [0.2, 0.25) is 0 Å². The summed E-state index contributed by atoms with van der Waals surface area (Å²) in [6, 6.07) is 8.46. The molecule has 1 aliphatic heterocycles. The molecule has 0 bridgehead atoms. The molecule has 0 saturated carbocycles. The number of aliphatic imine (C=N–C) groups is 1. The lowest BCUT2D eigenvalue weighted by atomic mass is 10.1. The van der Waals surface area contributed by atoms with E-state index in [0.717, 1.165) is 31.5 Å². The lowest BCUT2D eigenvalue weighted by Crippen LogP contribution is -2.40. The van der Waals surface area contributed by atoms with Gasteiger partial charge in [0.15, 0.2) is 5.96 Å². The van der Waals surface area contributed by atoms with E-state index >= 15 is 0 Å². The minimum atomic E-state index is 0.738. The second-order valence-electron chi connectivity index (χ2n) is 5.78. The van der Waals surface area contributed by atoms with Gasteiger partial charge in [-0.2, -0.15) is 0 Å². The van der Waals surface area contributed by atoms with Gasteiger partial charge in [0.05, 0.1) is 0 Å². The Kier molecular flexibility index (Phi) is 6.05. The van der Waals surface area contributed by atoms with Crippen LogP contribution in [-0.2, 0) is 6.54 Å². The molecule has 1 aromatic carbocycles. The summed E-state index contributed by atoms with van der Waals surface area (Å²) in [4.78, 5) is 6.82. The SMILES string of the molecule is CCN1CCC(CNC(=NC)NCc2ccccc2C)C1. The zero-order chi connectivity index (χ0) is 15.1. The Balaban J connectivity index is 1.75. The largest absolute Gasteiger partial charge is 0.356 e. The summed E-state index contributed by atoms with van der Waals surface area (Å²) in [7, 11) is 1.83. The molecular weight excluding hydrogens is 260 g/mol. The van der Waals surface area contributed by atoms with Gasteiger partial charge in [-0.3, -0.25) is 4.99 Å². The standard InChI is InChI=1S/C17H28N4/c1-4-21-10-9-15(13-21)11-19-17(18-3)20-12-16-8-6-5-7-14(16)2/h5-8,15H,4,9-13H2,1-3H3,(H2,18,19,20). The van der Waals surface area contributed by atoms with E-state index in [1.165, 1.54) is 30.6 Å². The van der Waals surface area contributed by atoms with Crippen molar-refractivity contribution in [2.24, 2.45) is 10.9 Å². The number of benzene rings is 1. The fraction of sp³-hybridized carbons (Fsp3) is 0.588. The van der Waals surface area contributed by atoms with Crippen LogP contribution in [0.3, 0.4) is 0 Å². The van der Waals surface area contributed by atoms with Crippen molar-refractivity contribution in [3.63, 3.8) is 0 Å². The van der Waals surface area contributed by atoms with Crippen LogP contribution in [0.1, 0.15) is 24.5 Å². The summed E-state index contributed by atoms with van der Waals surface area (Å²) in [5.74, 6) is 1.63. The third-order valence-corrected chi connectivity index (χ3v) is 4.31. The Hall–Kier alpha value is -1.55. The van der Waals surface area contributed by atoms with Gasteiger partial charge in [0, 0.05) is 26.7 Å². The van der Waals surface area contributed by atoms with E-state index in [4.69, 9.17) is 0 Å². The first-order chi connectivity index (χ1) is 10.2. The van der Waals surface area contributed by atoms with Gasteiger partial charge >= 0.3 is 0 Å². The van der Waals surface area contributed by atoms with Crippen molar-refractivity contribution in [3.8, 4) is 0 Å². The summed E-state index contributed by atoms with van der Waals surface area (Å²) < 4.78 is 0. The Morgan fingerprint density at radius 3 is 2.81 bits per heavy atom. The molecule has 4 heteroatoms. The van der Waals surface area contributed by atoms with Crippen LogP contribution in [0.4, 0.5) is 0 Å². The topological polar surface area (TPSA) is 39.7 Å². The number of hydrogen-bond acceptors (Lipinski definition) is 2. The first-order valence-corrected chi connectivity index (χ1v) is 7.94. The predicted octanol–water partition coefficient (Wildman–Crippen LogP) is 2.00. The van der Waals surface area contributed by atoms with Gasteiger partial charge in [0.25, 0.3) is 0 Å². The molecule has 0 radical (unpaired) electrons. The molecule has 0 aromatic heterocycles. The fourth-order valence-electron chi connectivity index (χ4n) is 2.82. The molecule has 1 unspecified atom stereocenters. The van der Waals surface area contributed by atoms with Crippen LogP contribution >= 0.6 is 0 Å². The maximum atomic E-state index is 4.31. The van der Waals surface area contributed by atoms with Crippen molar-refractivity contribution in [2.75, 3.05) is 33.2 Å². The van der Waals surface area contributed by atoms with Crippen molar-refractivity contribution in [2.45, 2.75) is 26.8 Å². The number of hydrogen-bond donors (Lipinski definition) is 2. The van der Waals surface area contributed by atoms with Crippen molar-refractivity contribution >= 4 is 5.96 Å². The summed E-state index contributed by atoms with van der Waals surface area (Å²) in [5.41, 5.74) is 2.63. The van der Waals surface area contributed by atoms with Gasteiger partial charge in [-0.25, -0.2) is 0 Å². The molecule has 21 heavy (non-hydrogen) atoms. The van der Waals surface area contributed by atoms with Crippen LogP contribution < -0.4 is 10.6 Å². The lowest BCUT2D eigenvalue weighted by molar-refractivity contribution is 0.342. The quantitative estimate of drug-likeness (QED) is 0.643. The van der Waals surface area contributed by atoms with Crippen molar-refractivity contribution in [1.82, 2.24) is 15.5 Å². The normalized spacial score (nSPS) is 19.8. The third-order valence-electron chi connectivity index (χ3n) is 4.31. The molecule has 1 aliphatic rings. The smallest absolute Gasteiger partial charge is 0.191 e. The molecule has 1 aromatic rings. The molecule has 2 N–H and O–H groups in total. The summed E-state index contributed by atoms with van der Waals surface area (Å²) in [6.45, 7) is 9.80. The Bertz CT molecular complexity index is 470. The highest BCUT2D eigenvalue weighted by atomic mass is 15.2. The minimum Gasteiger partial charge on any atom is -0.356 e. The second kappa shape index (κ2) is 8.03. The predicted molar refractivity (Wildman–Crippen MR) is 89.6 cm³/mol. The van der Waals surface area contributed by atoms with Gasteiger partial charge < -0.3 is 15.5 Å². The van der Waals surface area contributed by atoms with Gasteiger partial charge in [-0.1, -0.05) is 31.2 Å².